The van der Waals surface area contributed by atoms with Gasteiger partial charge in [0.15, 0.2) is 6.10 Å². The van der Waals surface area contributed by atoms with Crippen molar-refractivity contribution in [3.8, 4) is 5.75 Å². The number of para-hydroxylation sites is 1. The third-order valence-electron chi connectivity index (χ3n) is 2.56. The molecule has 0 aliphatic heterocycles. The van der Waals surface area contributed by atoms with Gasteiger partial charge >= 0.3 is 0 Å². The highest BCUT2D eigenvalue weighted by molar-refractivity contribution is 6.35. The molecule has 5 heteroatoms. The lowest BCUT2D eigenvalue weighted by molar-refractivity contribution is -0.122. The Morgan fingerprint density at radius 3 is 2.30 bits per heavy atom. The van der Waals surface area contributed by atoms with Gasteiger partial charge in [0.05, 0.1) is 0 Å². The molecule has 20 heavy (non-hydrogen) atoms. The van der Waals surface area contributed by atoms with Crippen LogP contribution in [0.15, 0.2) is 48.5 Å². The molecule has 0 bridgehead atoms. The van der Waals surface area contributed by atoms with Gasteiger partial charge in [-0.25, -0.2) is 0 Å². The summed E-state index contributed by atoms with van der Waals surface area (Å²) in [5.74, 6) is 0.367. The van der Waals surface area contributed by atoms with Gasteiger partial charge in [-0.3, -0.25) is 4.79 Å². The first-order chi connectivity index (χ1) is 9.54. The van der Waals surface area contributed by atoms with Crippen LogP contribution in [0.1, 0.15) is 6.92 Å². The molecule has 0 spiro atoms. The Kier molecular flexibility index (Phi) is 4.88. The molecule has 2 rings (SSSR count). The van der Waals surface area contributed by atoms with E-state index in [0.29, 0.717) is 21.5 Å². The summed E-state index contributed by atoms with van der Waals surface area (Å²) in [5.41, 5.74) is 0.538. The first kappa shape index (κ1) is 14.7. The Morgan fingerprint density at radius 1 is 1.10 bits per heavy atom. The summed E-state index contributed by atoms with van der Waals surface area (Å²) in [7, 11) is 0. The molecule has 1 amide bonds. The molecule has 0 aliphatic carbocycles. The fourth-order valence-electron chi connectivity index (χ4n) is 1.63. The lowest BCUT2D eigenvalue weighted by Gasteiger charge is -2.15. The summed E-state index contributed by atoms with van der Waals surface area (Å²) in [6, 6.07) is 14.0. The number of rotatable bonds is 4. The van der Waals surface area contributed by atoms with Crippen LogP contribution >= 0.6 is 23.2 Å². The number of halogens is 2. The van der Waals surface area contributed by atoms with E-state index < -0.39 is 6.10 Å². The number of ether oxygens (including phenoxy) is 1. The van der Waals surface area contributed by atoms with Gasteiger partial charge in [-0.2, -0.15) is 0 Å². The van der Waals surface area contributed by atoms with E-state index >= 15 is 0 Å². The quantitative estimate of drug-likeness (QED) is 0.909. The summed E-state index contributed by atoms with van der Waals surface area (Å²) < 4.78 is 5.53. The van der Waals surface area contributed by atoms with Gasteiger partial charge in [0.1, 0.15) is 5.75 Å². The number of hydrogen-bond donors (Lipinski definition) is 1. The molecule has 0 aromatic heterocycles. The minimum Gasteiger partial charge on any atom is -0.481 e. The second kappa shape index (κ2) is 6.64. The highest BCUT2D eigenvalue weighted by Crippen LogP contribution is 2.22. The maximum atomic E-state index is 12.0. The monoisotopic (exact) mass is 309 g/mol. The van der Waals surface area contributed by atoms with Crippen molar-refractivity contribution in [2.24, 2.45) is 0 Å². The van der Waals surface area contributed by atoms with Crippen molar-refractivity contribution in [2.45, 2.75) is 13.0 Å². The number of carbonyl (C=O) groups excluding carboxylic acids is 1. The van der Waals surface area contributed by atoms with Crippen molar-refractivity contribution in [1.82, 2.24) is 0 Å². The zero-order valence-electron chi connectivity index (χ0n) is 10.8. The highest BCUT2D eigenvalue weighted by Gasteiger charge is 2.15. The second-order valence-electron chi connectivity index (χ2n) is 4.22. The van der Waals surface area contributed by atoms with Crippen LogP contribution in [0.3, 0.4) is 0 Å². The molecule has 0 saturated heterocycles. The van der Waals surface area contributed by atoms with Crippen LogP contribution < -0.4 is 10.1 Å². The van der Waals surface area contributed by atoms with Gasteiger partial charge in [-0.1, -0.05) is 41.4 Å². The van der Waals surface area contributed by atoms with Crippen LogP contribution in [0.5, 0.6) is 5.75 Å². The molecule has 3 nitrogen and oxygen atoms in total. The van der Waals surface area contributed by atoms with Crippen LogP contribution in [0.4, 0.5) is 5.69 Å². The average molecular weight is 310 g/mol. The van der Waals surface area contributed by atoms with Crippen molar-refractivity contribution in [1.29, 1.82) is 0 Å². The first-order valence-electron chi connectivity index (χ1n) is 6.03. The molecule has 2 aromatic rings. The average Bonchev–Trinajstić information content (AvgIpc) is 2.38. The highest BCUT2D eigenvalue weighted by atomic mass is 35.5. The zero-order valence-corrected chi connectivity index (χ0v) is 12.3. The molecule has 1 N–H and O–H groups in total. The summed E-state index contributed by atoms with van der Waals surface area (Å²) in [4.78, 5) is 12.0. The molecule has 0 radical (unpaired) electrons. The summed E-state index contributed by atoms with van der Waals surface area (Å²) in [6.45, 7) is 1.68. The zero-order chi connectivity index (χ0) is 14.5. The van der Waals surface area contributed by atoms with Crippen LogP contribution in [0.25, 0.3) is 0 Å². The second-order valence-corrected chi connectivity index (χ2v) is 5.09. The molecular formula is C15H13Cl2NO2. The fraction of sp³-hybridized carbons (Fsp3) is 0.133. The number of hydrogen-bond acceptors (Lipinski definition) is 2. The summed E-state index contributed by atoms with van der Waals surface area (Å²) in [5, 5.41) is 3.64. The number of amides is 1. The van der Waals surface area contributed by atoms with E-state index in [0.717, 1.165) is 0 Å². The third kappa shape index (κ3) is 4.15. The van der Waals surface area contributed by atoms with Crippen molar-refractivity contribution in [3.63, 3.8) is 0 Å². The third-order valence-corrected chi connectivity index (χ3v) is 2.99. The predicted octanol–water partition coefficient (Wildman–Crippen LogP) is 4.40. The Morgan fingerprint density at radius 2 is 1.70 bits per heavy atom. The van der Waals surface area contributed by atoms with E-state index in [1.165, 1.54) is 0 Å². The number of carbonyl (C=O) groups is 1. The number of nitrogens with one attached hydrogen (secondary N) is 1. The Balaban J connectivity index is 2.00. The largest absolute Gasteiger partial charge is 0.481 e. The van der Waals surface area contributed by atoms with Crippen molar-refractivity contribution < 1.29 is 9.53 Å². The first-order valence-corrected chi connectivity index (χ1v) is 6.79. The molecule has 2 aromatic carbocycles. The van der Waals surface area contributed by atoms with Crippen LogP contribution in [0.2, 0.25) is 10.0 Å². The van der Waals surface area contributed by atoms with Gasteiger partial charge in [0, 0.05) is 15.7 Å². The molecule has 1 atom stereocenters. The van der Waals surface area contributed by atoms with E-state index in [1.807, 2.05) is 18.2 Å². The molecule has 104 valence electrons. The molecule has 0 heterocycles. The summed E-state index contributed by atoms with van der Waals surface area (Å²) in [6.07, 6.45) is -0.629. The lowest BCUT2D eigenvalue weighted by Crippen LogP contribution is -2.30. The van der Waals surface area contributed by atoms with E-state index in [9.17, 15) is 4.79 Å². The van der Waals surface area contributed by atoms with Gasteiger partial charge in [-0.05, 0) is 37.3 Å². The summed E-state index contributed by atoms with van der Waals surface area (Å²) >= 11 is 11.8. The van der Waals surface area contributed by atoms with Crippen molar-refractivity contribution >= 4 is 34.8 Å². The van der Waals surface area contributed by atoms with Gasteiger partial charge < -0.3 is 10.1 Å². The van der Waals surface area contributed by atoms with Gasteiger partial charge in [0.25, 0.3) is 5.91 Å². The molecule has 0 saturated carbocycles. The van der Waals surface area contributed by atoms with Crippen molar-refractivity contribution in [2.75, 3.05) is 5.32 Å². The standard InChI is InChI=1S/C15H13Cl2NO2/c1-10(20-14-5-3-2-4-6-14)15(19)18-13-8-11(16)7-12(17)9-13/h2-10H,1H3,(H,18,19)/t10-/m0/s1. The maximum Gasteiger partial charge on any atom is 0.265 e. The van der Waals surface area contributed by atoms with E-state index in [-0.39, 0.29) is 5.91 Å². The lowest BCUT2D eigenvalue weighted by atomic mass is 10.3. The minimum atomic E-state index is -0.629. The molecule has 0 aliphatic rings. The Labute approximate surface area is 127 Å². The van der Waals surface area contributed by atoms with Gasteiger partial charge in [-0.15, -0.1) is 0 Å². The molecule has 0 fully saturated rings. The van der Waals surface area contributed by atoms with Crippen molar-refractivity contribution in [3.05, 3.63) is 58.6 Å². The minimum absolute atomic E-state index is 0.271. The van der Waals surface area contributed by atoms with Crippen LogP contribution in [-0.4, -0.2) is 12.0 Å². The number of anilines is 1. The van der Waals surface area contributed by atoms with Gasteiger partial charge in [0.2, 0.25) is 0 Å². The van der Waals surface area contributed by atoms with E-state index in [2.05, 4.69) is 5.32 Å². The number of benzene rings is 2. The van der Waals surface area contributed by atoms with E-state index in [1.54, 1.807) is 37.3 Å². The molecular weight excluding hydrogens is 297 g/mol. The topological polar surface area (TPSA) is 38.3 Å². The predicted molar refractivity (Wildman–Crippen MR) is 81.6 cm³/mol. The normalized spacial score (nSPS) is 11.8. The SMILES string of the molecule is C[C@H](Oc1ccccc1)C(=O)Nc1cc(Cl)cc(Cl)c1. The van der Waals surface area contributed by atoms with E-state index in [4.69, 9.17) is 27.9 Å². The Bertz CT molecular complexity index is 582. The maximum absolute atomic E-state index is 12.0. The van der Waals surface area contributed by atoms with Crippen LogP contribution in [0, 0.1) is 0 Å². The Hall–Kier alpha value is -1.71. The smallest absolute Gasteiger partial charge is 0.265 e. The van der Waals surface area contributed by atoms with Crippen LogP contribution in [-0.2, 0) is 4.79 Å². The molecule has 0 unspecified atom stereocenters. The fourth-order valence-corrected chi connectivity index (χ4v) is 2.15.